The van der Waals surface area contributed by atoms with E-state index in [0.717, 1.165) is 34.8 Å². The predicted molar refractivity (Wildman–Crippen MR) is 104 cm³/mol. The number of nitrogens with zero attached hydrogens (tertiary/aromatic N) is 3. The monoisotopic (exact) mass is 400 g/mol. The zero-order valence-electron chi connectivity index (χ0n) is 13.9. The van der Waals surface area contributed by atoms with E-state index in [4.69, 9.17) is 11.6 Å². The smallest absolute Gasteiger partial charge is 0.270 e. The Balaban J connectivity index is 1.52. The number of fused-ring (bicyclic) bond motifs is 1. The summed E-state index contributed by atoms with van der Waals surface area (Å²) in [5.74, 6) is 0.544. The Morgan fingerprint density at radius 3 is 2.74 bits per heavy atom. The maximum absolute atomic E-state index is 12.4. The molecular weight excluding hydrogens is 388 g/mol. The van der Waals surface area contributed by atoms with Gasteiger partial charge in [0.25, 0.3) is 11.6 Å². The Morgan fingerprint density at radius 2 is 2.04 bits per heavy atom. The molecule has 0 unspecified atom stereocenters. The molecule has 1 aliphatic rings. The fraction of sp³-hybridized carbons (Fsp3) is 0.111. The summed E-state index contributed by atoms with van der Waals surface area (Å²) in [6.07, 6.45) is 2.02. The number of rotatable bonds is 4. The van der Waals surface area contributed by atoms with Crippen molar-refractivity contribution in [3.8, 4) is 11.3 Å². The van der Waals surface area contributed by atoms with Gasteiger partial charge in [0.2, 0.25) is 0 Å². The van der Waals surface area contributed by atoms with Crippen LogP contribution in [0.3, 0.4) is 0 Å². The molecule has 0 radical (unpaired) electrons. The number of nitro benzene ring substituents is 1. The molecule has 0 atom stereocenters. The highest BCUT2D eigenvalue weighted by Gasteiger charge is 2.17. The standard InChI is InChI=1S/C18H13ClN4O3S/c19-15-6-5-13(23(25)26)9-14(15)17(24)20-12-3-1-11(2-4-12)16-10-22-7-8-27-18(22)21-16/h1-6,9-10H,7-8H2,(H,20,24). The van der Waals surface area contributed by atoms with Crippen LogP contribution in [0.5, 0.6) is 0 Å². The number of hydrogen-bond acceptors (Lipinski definition) is 5. The second kappa shape index (κ2) is 7.05. The number of amides is 1. The van der Waals surface area contributed by atoms with Gasteiger partial charge >= 0.3 is 0 Å². The lowest BCUT2D eigenvalue weighted by Gasteiger charge is -2.07. The molecule has 136 valence electrons. The van der Waals surface area contributed by atoms with E-state index in [1.54, 1.807) is 23.9 Å². The number of benzene rings is 2. The molecule has 2 aromatic carbocycles. The number of aryl methyl sites for hydroxylation is 1. The third kappa shape index (κ3) is 3.54. The van der Waals surface area contributed by atoms with Crippen molar-refractivity contribution in [2.45, 2.75) is 11.7 Å². The normalized spacial score (nSPS) is 12.6. The van der Waals surface area contributed by atoms with Crippen molar-refractivity contribution in [2.24, 2.45) is 0 Å². The van der Waals surface area contributed by atoms with Crippen molar-refractivity contribution in [1.82, 2.24) is 9.55 Å². The third-order valence-corrected chi connectivity index (χ3v) is 5.45. The number of nitro groups is 1. The molecule has 0 saturated carbocycles. The zero-order valence-corrected chi connectivity index (χ0v) is 15.5. The maximum Gasteiger partial charge on any atom is 0.270 e. The van der Waals surface area contributed by atoms with Crippen LogP contribution in [0.1, 0.15) is 10.4 Å². The fourth-order valence-electron chi connectivity index (χ4n) is 2.77. The molecule has 1 aliphatic heterocycles. The summed E-state index contributed by atoms with van der Waals surface area (Å²) in [7, 11) is 0. The summed E-state index contributed by atoms with van der Waals surface area (Å²) in [4.78, 5) is 27.3. The number of thioether (sulfide) groups is 1. The van der Waals surface area contributed by atoms with Crippen molar-refractivity contribution >= 4 is 40.6 Å². The van der Waals surface area contributed by atoms with Crippen LogP contribution in [0.4, 0.5) is 11.4 Å². The maximum atomic E-state index is 12.4. The summed E-state index contributed by atoms with van der Waals surface area (Å²) in [5.41, 5.74) is 2.26. The molecule has 27 heavy (non-hydrogen) atoms. The molecule has 1 aromatic heterocycles. The first-order valence-corrected chi connectivity index (χ1v) is 9.43. The van der Waals surface area contributed by atoms with Gasteiger partial charge in [0, 0.05) is 41.9 Å². The molecule has 1 N–H and O–H groups in total. The largest absolute Gasteiger partial charge is 0.325 e. The second-order valence-corrected chi connectivity index (χ2v) is 7.37. The first kappa shape index (κ1) is 17.6. The van der Waals surface area contributed by atoms with Gasteiger partial charge in [0.15, 0.2) is 5.16 Å². The van der Waals surface area contributed by atoms with Crippen LogP contribution < -0.4 is 5.32 Å². The van der Waals surface area contributed by atoms with Gasteiger partial charge < -0.3 is 9.88 Å². The molecule has 1 amide bonds. The van der Waals surface area contributed by atoms with Crippen LogP contribution in [-0.4, -0.2) is 26.1 Å². The van der Waals surface area contributed by atoms with E-state index in [1.807, 2.05) is 18.3 Å². The van der Waals surface area contributed by atoms with Gasteiger partial charge in [0.1, 0.15) is 0 Å². The lowest BCUT2D eigenvalue weighted by Crippen LogP contribution is -2.12. The number of non-ortho nitro benzene ring substituents is 1. The van der Waals surface area contributed by atoms with Gasteiger partial charge in [-0.05, 0) is 18.2 Å². The van der Waals surface area contributed by atoms with Gasteiger partial charge in [-0.3, -0.25) is 14.9 Å². The van der Waals surface area contributed by atoms with Crippen molar-refractivity contribution in [2.75, 3.05) is 11.1 Å². The first-order valence-electron chi connectivity index (χ1n) is 8.07. The average Bonchev–Trinajstić information content (AvgIpc) is 3.24. The number of hydrogen-bond donors (Lipinski definition) is 1. The molecular formula is C18H13ClN4O3S. The van der Waals surface area contributed by atoms with Crippen LogP contribution in [-0.2, 0) is 6.54 Å². The Hall–Kier alpha value is -2.84. The molecule has 4 rings (SSSR count). The lowest BCUT2D eigenvalue weighted by atomic mass is 10.1. The van der Waals surface area contributed by atoms with E-state index in [1.165, 1.54) is 12.1 Å². The van der Waals surface area contributed by atoms with Crippen LogP contribution in [0.15, 0.2) is 53.8 Å². The minimum atomic E-state index is -0.567. The number of aromatic nitrogens is 2. The molecule has 0 bridgehead atoms. The van der Waals surface area contributed by atoms with Gasteiger partial charge in [-0.2, -0.15) is 0 Å². The second-order valence-electron chi connectivity index (χ2n) is 5.90. The van der Waals surface area contributed by atoms with Gasteiger partial charge in [-0.15, -0.1) is 0 Å². The third-order valence-electron chi connectivity index (χ3n) is 4.15. The molecule has 9 heteroatoms. The number of anilines is 1. The van der Waals surface area contributed by atoms with Crippen molar-refractivity contribution in [1.29, 1.82) is 0 Å². The van der Waals surface area contributed by atoms with Gasteiger partial charge in [-0.1, -0.05) is 35.5 Å². The van der Waals surface area contributed by atoms with E-state index in [-0.39, 0.29) is 16.3 Å². The first-order chi connectivity index (χ1) is 13.0. The van der Waals surface area contributed by atoms with Crippen molar-refractivity contribution < 1.29 is 9.72 Å². The van der Waals surface area contributed by atoms with E-state index in [9.17, 15) is 14.9 Å². The molecule has 3 aromatic rings. The summed E-state index contributed by atoms with van der Waals surface area (Å²) in [5, 5.41) is 14.8. The number of carbonyl (C=O) groups is 1. The molecule has 0 fully saturated rings. The van der Waals surface area contributed by atoms with E-state index < -0.39 is 10.8 Å². The summed E-state index contributed by atoms with van der Waals surface area (Å²) >= 11 is 7.74. The Kier molecular flexibility index (Phi) is 4.59. The number of halogens is 1. The predicted octanol–water partition coefficient (Wildman–Crippen LogP) is 4.47. The minimum absolute atomic E-state index is 0.0532. The highest BCUT2D eigenvalue weighted by atomic mass is 35.5. The summed E-state index contributed by atoms with van der Waals surface area (Å²) in [6, 6.07) is 11.0. The quantitative estimate of drug-likeness (QED) is 0.515. The van der Waals surface area contributed by atoms with Gasteiger partial charge in [-0.25, -0.2) is 4.98 Å². The molecule has 0 spiro atoms. The van der Waals surface area contributed by atoms with E-state index >= 15 is 0 Å². The number of nitrogens with one attached hydrogen (secondary N) is 1. The Bertz CT molecular complexity index is 1030. The lowest BCUT2D eigenvalue weighted by molar-refractivity contribution is -0.384. The number of imidazole rings is 1. The van der Waals surface area contributed by atoms with Crippen molar-refractivity contribution in [3.63, 3.8) is 0 Å². The summed E-state index contributed by atoms with van der Waals surface area (Å²) in [6.45, 7) is 0.963. The highest BCUT2D eigenvalue weighted by molar-refractivity contribution is 7.99. The van der Waals surface area contributed by atoms with Crippen LogP contribution in [0.25, 0.3) is 11.3 Å². The SMILES string of the molecule is O=C(Nc1ccc(-c2cn3c(n2)SCC3)cc1)c1cc([N+](=O)[O-])ccc1Cl. The molecule has 0 aliphatic carbocycles. The average molecular weight is 401 g/mol. The topological polar surface area (TPSA) is 90.1 Å². The molecule has 2 heterocycles. The Labute approximate surface area is 163 Å². The fourth-order valence-corrected chi connectivity index (χ4v) is 3.92. The van der Waals surface area contributed by atoms with Crippen LogP contribution in [0, 0.1) is 10.1 Å². The number of carbonyl (C=O) groups excluding carboxylic acids is 1. The minimum Gasteiger partial charge on any atom is -0.325 e. The van der Waals surface area contributed by atoms with Crippen molar-refractivity contribution in [3.05, 3.63) is 69.4 Å². The highest BCUT2D eigenvalue weighted by Crippen LogP contribution is 2.29. The molecule has 0 saturated heterocycles. The molecule has 7 nitrogen and oxygen atoms in total. The van der Waals surface area contributed by atoms with Crippen LogP contribution in [0.2, 0.25) is 5.02 Å². The summed E-state index contributed by atoms with van der Waals surface area (Å²) < 4.78 is 2.12. The zero-order chi connectivity index (χ0) is 19.0. The van der Waals surface area contributed by atoms with Gasteiger partial charge in [0.05, 0.1) is 21.2 Å². The van der Waals surface area contributed by atoms with Crippen LogP contribution >= 0.6 is 23.4 Å². The van der Waals surface area contributed by atoms with E-state index in [2.05, 4.69) is 14.9 Å². The van der Waals surface area contributed by atoms with E-state index in [0.29, 0.717) is 5.69 Å². The Morgan fingerprint density at radius 1 is 1.26 bits per heavy atom.